The van der Waals surface area contributed by atoms with Crippen molar-refractivity contribution in [3.63, 3.8) is 0 Å². The van der Waals surface area contributed by atoms with Crippen molar-refractivity contribution in [2.24, 2.45) is 18.7 Å². The molecule has 2 aromatic heterocycles. The van der Waals surface area contributed by atoms with Crippen molar-refractivity contribution in [1.29, 1.82) is 0 Å². The van der Waals surface area contributed by atoms with Gasteiger partial charge in [0.1, 0.15) is 12.4 Å². The summed E-state index contributed by atoms with van der Waals surface area (Å²) in [6.45, 7) is 8.43. The van der Waals surface area contributed by atoms with Crippen LogP contribution in [0.3, 0.4) is 0 Å². The van der Waals surface area contributed by atoms with Crippen LogP contribution in [-0.2, 0) is 7.05 Å². The van der Waals surface area contributed by atoms with Crippen molar-refractivity contribution < 1.29 is 4.74 Å². The molecular formula is C21H26ClN3O2. The van der Waals surface area contributed by atoms with Crippen LogP contribution in [0.1, 0.15) is 32.9 Å². The second kappa shape index (κ2) is 7.13. The number of benzene rings is 1. The minimum absolute atomic E-state index is 0.104. The van der Waals surface area contributed by atoms with Crippen LogP contribution >= 0.6 is 11.6 Å². The van der Waals surface area contributed by atoms with Crippen molar-refractivity contribution in [3.05, 3.63) is 45.5 Å². The number of hydrogen-bond donors (Lipinski definition) is 1. The first kappa shape index (κ1) is 19.6. The molecule has 6 heteroatoms. The fraction of sp³-hybridized carbons (Fsp3) is 0.429. The molecule has 0 spiro atoms. The maximum absolute atomic E-state index is 12.9. The third-order valence-electron chi connectivity index (χ3n) is 4.77. The van der Waals surface area contributed by atoms with Crippen LogP contribution in [0, 0.1) is 12.8 Å². The van der Waals surface area contributed by atoms with E-state index in [1.807, 2.05) is 19.9 Å². The van der Waals surface area contributed by atoms with E-state index in [0.29, 0.717) is 28.7 Å². The van der Waals surface area contributed by atoms with Crippen LogP contribution in [0.15, 0.2) is 29.2 Å². The van der Waals surface area contributed by atoms with Gasteiger partial charge in [0, 0.05) is 24.2 Å². The molecule has 0 saturated carbocycles. The lowest BCUT2D eigenvalue weighted by Crippen LogP contribution is -2.43. The summed E-state index contributed by atoms with van der Waals surface area (Å²) in [4.78, 5) is 17.2. The molecule has 0 aliphatic rings. The highest BCUT2D eigenvalue weighted by atomic mass is 35.5. The third-order valence-corrected chi connectivity index (χ3v) is 5.07. The van der Waals surface area contributed by atoms with Crippen molar-refractivity contribution >= 4 is 33.3 Å². The normalized spacial score (nSPS) is 14.1. The predicted octanol–water partition coefficient (Wildman–Crippen LogP) is 4.19. The maximum Gasteiger partial charge on any atom is 0.258 e. The fourth-order valence-corrected chi connectivity index (χ4v) is 4.00. The molecule has 3 aromatic rings. The third kappa shape index (κ3) is 3.80. The number of nitrogens with two attached hydrogens (primary N) is 1. The largest absolute Gasteiger partial charge is 0.490 e. The van der Waals surface area contributed by atoms with E-state index in [-0.39, 0.29) is 5.56 Å². The summed E-state index contributed by atoms with van der Waals surface area (Å²) >= 11 is 6.48. The Kier molecular flexibility index (Phi) is 5.19. The molecule has 144 valence electrons. The molecule has 2 N–H and O–H groups in total. The summed E-state index contributed by atoms with van der Waals surface area (Å²) in [7, 11) is 1.76. The highest BCUT2D eigenvalue weighted by Crippen LogP contribution is 2.33. The summed E-state index contributed by atoms with van der Waals surface area (Å²) in [5.74, 6) is 0.943. The molecule has 1 atom stereocenters. The number of ether oxygens (including phenoxy) is 1. The molecule has 3 rings (SSSR count). The molecule has 0 bridgehead atoms. The Morgan fingerprint density at radius 1 is 1.30 bits per heavy atom. The first-order valence-electron chi connectivity index (χ1n) is 9.10. The van der Waals surface area contributed by atoms with E-state index in [9.17, 15) is 4.79 Å². The number of aryl methyl sites for hydroxylation is 2. The van der Waals surface area contributed by atoms with Crippen LogP contribution in [-0.4, -0.2) is 21.7 Å². The van der Waals surface area contributed by atoms with E-state index in [1.165, 1.54) is 0 Å². The Bertz CT molecular complexity index is 1070. The molecule has 27 heavy (non-hydrogen) atoms. The van der Waals surface area contributed by atoms with Gasteiger partial charge in [-0.3, -0.25) is 9.78 Å². The van der Waals surface area contributed by atoms with Crippen LogP contribution in [0.2, 0.25) is 5.02 Å². The van der Waals surface area contributed by atoms with Gasteiger partial charge < -0.3 is 15.0 Å². The predicted molar refractivity (Wildman–Crippen MR) is 112 cm³/mol. The van der Waals surface area contributed by atoms with Gasteiger partial charge in [0.15, 0.2) is 0 Å². The zero-order valence-electron chi connectivity index (χ0n) is 16.5. The van der Waals surface area contributed by atoms with Gasteiger partial charge in [0.2, 0.25) is 0 Å². The molecule has 0 amide bonds. The number of pyridine rings is 2. The number of hydrogen-bond acceptors (Lipinski definition) is 4. The lowest BCUT2D eigenvalue weighted by Gasteiger charge is -2.27. The molecule has 5 nitrogen and oxygen atoms in total. The average Bonchev–Trinajstić information content (AvgIpc) is 2.57. The Morgan fingerprint density at radius 3 is 2.67 bits per heavy atom. The van der Waals surface area contributed by atoms with Crippen molar-refractivity contribution in [2.75, 3.05) is 6.61 Å². The van der Waals surface area contributed by atoms with Crippen LogP contribution < -0.4 is 16.0 Å². The number of rotatable bonds is 5. The Morgan fingerprint density at radius 2 is 2.00 bits per heavy atom. The van der Waals surface area contributed by atoms with Crippen LogP contribution in [0.5, 0.6) is 5.75 Å². The zero-order valence-corrected chi connectivity index (χ0v) is 17.2. The summed E-state index contributed by atoms with van der Waals surface area (Å²) in [6, 6.07) is 5.42. The number of halogens is 1. The van der Waals surface area contributed by atoms with Gasteiger partial charge in [-0.2, -0.15) is 0 Å². The second-order valence-corrected chi connectivity index (χ2v) is 8.43. The van der Waals surface area contributed by atoms with E-state index in [1.54, 1.807) is 29.9 Å². The molecule has 0 saturated heterocycles. The lowest BCUT2D eigenvalue weighted by atomic mass is 9.93. The highest BCUT2D eigenvalue weighted by Gasteiger charge is 2.22. The van der Waals surface area contributed by atoms with E-state index in [4.69, 9.17) is 22.1 Å². The number of nitrogens with zero attached hydrogens (tertiary/aromatic N) is 2. The van der Waals surface area contributed by atoms with Crippen molar-refractivity contribution in [3.8, 4) is 5.75 Å². The first-order chi connectivity index (χ1) is 12.6. The van der Waals surface area contributed by atoms with Crippen LogP contribution in [0.4, 0.5) is 0 Å². The molecule has 1 aromatic carbocycles. The molecule has 0 fully saturated rings. The van der Waals surface area contributed by atoms with Gasteiger partial charge in [-0.15, -0.1) is 0 Å². The summed E-state index contributed by atoms with van der Waals surface area (Å²) < 4.78 is 7.55. The van der Waals surface area contributed by atoms with Gasteiger partial charge in [0.05, 0.1) is 21.6 Å². The van der Waals surface area contributed by atoms with Gasteiger partial charge in [0.25, 0.3) is 5.56 Å². The smallest absolute Gasteiger partial charge is 0.258 e. The van der Waals surface area contributed by atoms with Crippen LogP contribution in [0.25, 0.3) is 21.7 Å². The topological polar surface area (TPSA) is 70.1 Å². The van der Waals surface area contributed by atoms with Crippen molar-refractivity contribution in [1.82, 2.24) is 9.55 Å². The van der Waals surface area contributed by atoms with Gasteiger partial charge in [-0.1, -0.05) is 25.4 Å². The average molecular weight is 388 g/mol. The SMILES string of the molecule is Cc1nccc2c3cc(Cl)c(OC[C@@](C)(N)CC(C)C)cc3c(=O)n(C)c12. The number of aromatic nitrogens is 2. The molecule has 0 aliphatic heterocycles. The second-order valence-electron chi connectivity index (χ2n) is 8.03. The first-order valence-corrected chi connectivity index (χ1v) is 9.48. The van der Waals surface area contributed by atoms with E-state index >= 15 is 0 Å². The van der Waals surface area contributed by atoms with Gasteiger partial charge >= 0.3 is 0 Å². The zero-order chi connectivity index (χ0) is 19.9. The minimum atomic E-state index is -0.469. The molecule has 0 unspecified atom stereocenters. The van der Waals surface area contributed by atoms with E-state index in [2.05, 4.69) is 18.8 Å². The summed E-state index contributed by atoms with van der Waals surface area (Å²) in [5, 5.41) is 2.77. The minimum Gasteiger partial charge on any atom is -0.490 e. The van der Waals surface area contributed by atoms with Gasteiger partial charge in [-0.25, -0.2) is 0 Å². The molecular weight excluding hydrogens is 362 g/mol. The van der Waals surface area contributed by atoms with E-state index in [0.717, 1.165) is 28.4 Å². The Balaban J connectivity index is 2.11. The Hall–Kier alpha value is -2.11. The van der Waals surface area contributed by atoms with E-state index < -0.39 is 5.54 Å². The summed E-state index contributed by atoms with van der Waals surface area (Å²) in [6.07, 6.45) is 2.57. The lowest BCUT2D eigenvalue weighted by molar-refractivity contribution is 0.207. The molecule has 2 heterocycles. The monoisotopic (exact) mass is 387 g/mol. The maximum atomic E-state index is 12.9. The molecule has 0 aliphatic carbocycles. The molecule has 0 radical (unpaired) electrons. The fourth-order valence-electron chi connectivity index (χ4n) is 3.78. The summed E-state index contributed by atoms with van der Waals surface area (Å²) in [5.41, 5.74) is 7.37. The quantitative estimate of drug-likeness (QED) is 0.666. The van der Waals surface area contributed by atoms with Crippen molar-refractivity contribution in [2.45, 2.75) is 39.7 Å². The standard InChI is InChI=1S/C21H26ClN3O2/c1-12(2)10-21(4,23)11-27-18-9-16-15(8-17(18)22)14-6-7-24-13(3)19(14)25(5)20(16)26/h6-9,12H,10-11,23H2,1-5H3/t21-/m0/s1. The Labute approximate surface area is 164 Å². The highest BCUT2D eigenvalue weighted by molar-refractivity contribution is 6.33. The van der Waals surface area contributed by atoms with Gasteiger partial charge in [-0.05, 0) is 49.8 Å². The number of fused-ring (bicyclic) bond motifs is 3.